The Morgan fingerprint density at radius 1 is 1.32 bits per heavy atom. The standard InChI is InChI=1S/C19H27N5O/c1-4-17-21-19(23-22-17)15-7-9-24(10-8-15)12-18(25)20-16-6-5-13(2)11-14(16)3/h5-6,11,15H,4,7-10,12H2,1-3H3,(H,20,25)(H,21,22,23). The van der Waals surface area contributed by atoms with Gasteiger partial charge in [-0.05, 0) is 51.4 Å². The van der Waals surface area contributed by atoms with E-state index in [1.165, 1.54) is 5.56 Å². The molecule has 1 aliphatic heterocycles. The summed E-state index contributed by atoms with van der Waals surface area (Å²) in [6, 6.07) is 6.08. The molecule has 0 radical (unpaired) electrons. The Labute approximate surface area is 149 Å². The molecule has 1 amide bonds. The van der Waals surface area contributed by atoms with Gasteiger partial charge in [0.2, 0.25) is 5.91 Å². The Kier molecular flexibility index (Phi) is 5.48. The van der Waals surface area contributed by atoms with Crippen LogP contribution in [0.25, 0.3) is 0 Å². The van der Waals surface area contributed by atoms with Crippen molar-refractivity contribution in [1.82, 2.24) is 20.1 Å². The first-order valence-corrected chi connectivity index (χ1v) is 9.05. The Hall–Kier alpha value is -2.21. The number of nitrogens with one attached hydrogen (secondary N) is 2. The molecule has 2 heterocycles. The molecule has 0 spiro atoms. The van der Waals surface area contributed by atoms with E-state index in [1.807, 2.05) is 19.1 Å². The Bertz CT molecular complexity index is 731. The number of nitrogens with zero attached hydrogens (tertiary/aromatic N) is 3. The molecule has 1 aromatic carbocycles. The highest BCUT2D eigenvalue weighted by Crippen LogP contribution is 2.25. The molecule has 134 valence electrons. The van der Waals surface area contributed by atoms with E-state index < -0.39 is 0 Å². The van der Waals surface area contributed by atoms with Crippen LogP contribution in [-0.4, -0.2) is 45.6 Å². The summed E-state index contributed by atoms with van der Waals surface area (Å²) in [5.41, 5.74) is 3.21. The molecule has 0 aliphatic carbocycles. The summed E-state index contributed by atoms with van der Waals surface area (Å²) in [6.45, 7) is 8.40. The third-order valence-corrected chi connectivity index (χ3v) is 4.86. The van der Waals surface area contributed by atoms with Crippen molar-refractivity contribution in [2.75, 3.05) is 25.0 Å². The number of aromatic amines is 1. The number of hydrogen-bond acceptors (Lipinski definition) is 4. The summed E-state index contributed by atoms with van der Waals surface area (Å²) < 4.78 is 0. The van der Waals surface area contributed by atoms with Crippen molar-refractivity contribution in [1.29, 1.82) is 0 Å². The summed E-state index contributed by atoms with van der Waals surface area (Å²) in [5.74, 6) is 2.33. The second kappa shape index (κ2) is 7.78. The maximum atomic E-state index is 12.3. The molecule has 3 rings (SSSR count). The van der Waals surface area contributed by atoms with Gasteiger partial charge in [-0.25, -0.2) is 4.98 Å². The number of hydrogen-bond donors (Lipinski definition) is 2. The van der Waals surface area contributed by atoms with E-state index in [0.29, 0.717) is 12.5 Å². The zero-order valence-electron chi connectivity index (χ0n) is 15.3. The molecular weight excluding hydrogens is 314 g/mol. The van der Waals surface area contributed by atoms with Crippen LogP contribution in [0.4, 0.5) is 5.69 Å². The molecule has 0 unspecified atom stereocenters. The molecule has 0 saturated carbocycles. The normalized spacial score (nSPS) is 16.1. The lowest BCUT2D eigenvalue weighted by atomic mass is 9.96. The van der Waals surface area contributed by atoms with Gasteiger partial charge in [0.05, 0.1) is 6.54 Å². The minimum absolute atomic E-state index is 0.0524. The predicted molar refractivity (Wildman–Crippen MR) is 98.7 cm³/mol. The summed E-state index contributed by atoms with van der Waals surface area (Å²) in [5, 5.41) is 10.4. The van der Waals surface area contributed by atoms with Gasteiger partial charge in [0.15, 0.2) is 5.82 Å². The second-order valence-corrected chi connectivity index (χ2v) is 6.91. The van der Waals surface area contributed by atoms with Crippen molar-refractivity contribution in [3.63, 3.8) is 0 Å². The van der Waals surface area contributed by atoms with Gasteiger partial charge in [0.25, 0.3) is 0 Å². The first-order chi connectivity index (χ1) is 12.0. The second-order valence-electron chi connectivity index (χ2n) is 6.91. The van der Waals surface area contributed by atoms with E-state index in [9.17, 15) is 4.79 Å². The van der Waals surface area contributed by atoms with Crippen molar-refractivity contribution in [3.05, 3.63) is 41.0 Å². The highest BCUT2D eigenvalue weighted by Gasteiger charge is 2.24. The molecular formula is C19H27N5O. The van der Waals surface area contributed by atoms with Crippen LogP contribution in [0.3, 0.4) is 0 Å². The minimum atomic E-state index is 0.0524. The van der Waals surface area contributed by atoms with Crippen molar-refractivity contribution in [2.45, 2.75) is 46.0 Å². The van der Waals surface area contributed by atoms with Gasteiger partial charge in [0, 0.05) is 18.0 Å². The van der Waals surface area contributed by atoms with Crippen LogP contribution in [-0.2, 0) is 11.2 Å². The molecule has 2 N–H and O–H groups in total. The average Bonchev–Trinajstić information content (AvgIpc) is 3.07. The number of H-pyrrole nitrogens is 1. The number of likely N-dealkylation sites (tertiary alicyclic amines) is 1. The molecule has 1 fully saturated rings. The Balaban J connectivity index is 1.49. The largest absolute Gasteiger partial charge is 0.325 e. The smallest absolute Gasteiger partial charge is 0.238 e. The van der Waals surface area contributed by atoms with Crippen molar-refractivity contribution in [3.8, 4) is 0 Å². The third-order valence-electron chi connectivity index (χ3n) is 4.86. The van der Waals surface area contributed by atoms with Crippen LogP contribution < -0.4 is 5.32 Å². The lowest BCUT2D eigenvalue weighted by Gasteiger charge is -2.30. The van der Waals surface area contributed by atoms with Crippen molar-refractivity contribution < 1.29 is 4.79 Å². The van der Waals surface area contributed by atoms with Gasteiger partial charge < -0.3 is 5.32 Å². The van der Waals surface area contributed by atoms with Crippen LogP contribution in [0, 0.1) is 13.8 Å². The first kappa shape index (κ1) is 17.6. The minimum Gasteiger partial charge on any atom is -0.325 e. The van der Waals surface area contributed by atoms with E-state index in [1.54, 1.807) is 0 Å². The number of carbonyl (C=O) groups is 1. The average molecular weight is 341 g/mol. The zero-order chi connectivity index (χ0) is 17.8. The van der Waals surface area contributed by atoms with Gasteiger partial charge >= 0.3 is 0 Å². The maximum absolute atomic E-state index is 12.3. The number of benzene rings is 1. The van der Waals surface area contributed by atoms with Gasteiger partial charge in [-0.3, -0.25) is 14.8 Å². The number of rotatable bonds is 5. The quantitative estimate of drug-likeness (QED) is 0.877. The number of amides is 1. The van der Waals surface area contributed by atoms with E-state index >= 15 is 0 Å². The topological polar surface area (TPSA) is 73.9 Å². The number of anilines is 1. The molecule has 1 aromatic heterocycles. The fraction of sp³-hybridized carbons (Fsp3) is 0.526. The van der Waals surface area contributed by atoms with Gasteiger partial charge in [-0.2, -0.15) is 5.10 Å². The molecule has 1 saturated heterocycles. The Morgan fingerprint density at radius 3 is 2.72 bits per heavy atom. The number of piperidine rings is 1. The van der Waals surface area contributed by atoms with E-state index in [2.05, 4.69) is 45.3 Å². The van der Waals surface area contributed by atoms with E-state index in [0.717, 1.165) is 55.3 Å². The van der Waals surface area contributed by atoms with Crippen LogP contribution in [0.1, 0.15) is 48.5 Å². The summed E-state index contributed by atoms with van der Waals surface area (Å²) in [7, 11) is 0. The zero-order valence-corrected chi connectivity index (χ0v) is 15.3. The summed E-state index contributed by atoms with van der Waals surface area (Å²) in [4.78, 5) is 19.1. The monoisotopic (exact) mass is 341 g/mol. The fourth-order valence-electron chi connectivity index (χ4n) is 3.35. The number of aromatic nitrogens is 3. The van der Waals surface area contributed by atoms with Gasteiger partial charge in [-0.15, -0.1) is 0 Å². The van der Waals surface area contributed by atoms with Crippen LogP contribution in [0.5, 0.6) is 0 Å². The van der Waals surface area contributed by atoms with Crippen LogP contribution in [0.15, 0.2) is 18.2 Å². The molecule has 0 atom stereocenters. The lowest BCUT2D eigenvalue weighted by molar-refractivity contribution is -0.117. The molecule has 2 aromatic rings. The van der Waals surface area contributed by atoms with Crippen molar-refractivity contribution in [2.24, 2.45) is 0 Å². The lowest BCUT2D eigenvalue weighted by Crippen LogP contribution is -2.39. The SMILES string of the molecule is CCc1nc(C2CCN(CC(=O)Nc3ccc(C)cc3C)CC2)n[nH]1. The molecule has 25 heavy (non-hydrogen) atoms. The van der Waals surface area contributed by atoms with Crippen molar-refractivity contribution >= 4 is 11.6 Å². The maximum Gasteiger partial charge on any atom is 0.238 e. The van der Waals surface area contributed by atoms with Crippen LogP contribution in [0.2, 0.25) is 0 Å². The van der Waals surface area contributed by atoms with Crippen LogP contribution >= 0.6 is 0 Å². The molecule has 6 nitrogen and oxygen atoms in total. The Morgan fingerprint density at radius 2 is 2.08 bits per heavy atom. The number of aryl methyl sites for hydroxylation is 3. The molecule has 1 aliphatic rings. The summed E-state index contributed by atoms with van der Waals surface area (Å²) in [6.07, 6.45) is 2.88. The summed E-state index contributed by atoms with van der Waals surface area (Å²) >= 11 is 0. The predicted octanol–water partition coefficient (Wildman–Crippen LogP) is 2.80. The molecule has 0 bridgehead atoms. The fourth-order valence-corrected chi connectivity index (χ4v) is 3.35. The first-order valence-electron chi connectivity index (χ1n) is 9.05. The van der Waals surface area contributed by atoms with E-state index in [-0.39, 0.29) is 5.91 Å². The van der Waals surface area contributed by atoms with E-state index in [4.69, 9.17) is 0 Å². The highest BCUT2D eigenvalue weighted by atomic mass is 16.2. The highest BCUT2D eigenvalue weighted by molar-refractivity contribution is 5.93. The third kappa shape index (κ3) is 4.45. The molecule has 6 heteroatoms. The van der Waals surface area contributed by atoms with Gasteiger partial charge in [-0.1, -0.05) is 24.6 Å². The number of carbonyl (C=O) groups excluding carboxylic acids is 1. The van der Waals surface area contributed by atoms with Gasteiger partial charge in [0.1, 0.15) is 5.82 Å².